The molecular formula is C11H13BrO2. The average molecular weight is 257 g/mol. The van der Waals surface area contributed by atoms with E-state index in [-0.39, 0.29) is 0 Å². The zero-order chi connectivity index (χ0) is 10.0. The van der Waals surface area contributed by atoms with Crippen molar-refractivity contribution < 1.29 is 9.52 Å². The van der Waals surface area contributed by atoms with Gasteiger partial charge in [-0.25, -0.2) is 0 Å². The Balaban J connectivity index is 2.09. The van der Waals surface area contributed by atoms with Crippen molar-refractivity contribution in [3.05, 3.63) is 34.7 Å². The van der Waals surface area contributed by atoms with Crippen molar-refractivity contribution in [3.63, 3.8) is 0 Å². The van der Waals surface area contributed by atoms with Gasteiger partial charge in [0.15, 0.2) is 4.67 Å². The van der Waals surface area contributed by atoms with Crippen LogP contribution in [0, 0.1) is 0 Å². The summed E-state index contributed by atoms with van der Waals surface area (Å²) >= 11 is 3.25. The molecule has 3 heteroatoms. The fraction of sp³-hybridized carbons (Fsp3) is 0.455. The molecule has 1 aromatic heterocycles. The molecule has 0 fully saturated rings. The molecule has 14 heavy (non-hydrogen) atoms. The molecule has 0 bridgehead atoms. The van der Waals surface area contributed by atoms with E-state index in [2.05, 4.69) is 22.0 Å². The highest BCUT2D eigenvalue weighted by atomic mass is 79.9. The molecule has 2 rings (SSSR count). The number of hydrogen-bond donors (Lipinski definition) is 1. The third kappa shape index (κ3) is 2.28. The third-order valence-electron chi connectivity index (χ3n) is 2.54. The summed E-state index contributed by atoms with van der Waals surface area (Å²) < 4.78 is 5.85. The minimum Gasteiger partial charge on any atom is -0.457 e. The van der Waals surface area contributed by atoms with Gasteiger partial charge >= 0.3 is 0 Å². The van der Waals surface area contributed by atoms with E-state index in [9.17, 15) is 5.11 Å². The predicted octanol–water partition coefficient (Wildman–Crippen LogP) is 3.06. The first kappa shape index (κ1) is 9.99. The molecule has 1 aliphatic carbocycles. The molecule has 1 aromatic rings. The second kappa shape index (κ2) is 3.91. The van der Waals surface area contributed by atoms with Gasteiger partial charge in [-0.3, -0.25) is 0 Å². The first-order valence-electron chi connectivity index (χ1n) is 4.81. The monoisotopic (exact) mass is 256 g/mol. The Morgan fingerprint density at radius 3 is 3.00 bits per heavy atom. The SMILES string of the molecule is OC1(Cc2coc(Br)c2)C=CCCC1. The number of rotatable bonds is 2. The number of allylic oxidation sites excluding steroid dienone is 1. The van der Waals surface area contributed by atoms with Gasteiger partial charge in [0.05, 0.1) is 11.9 Å². The van der Waals surface area contributed by atoms with E-state index in [1.165, 1.54) is 0 Å². The number of aliphatic hydroxyl groups is 1. The van der Waals surface area contributed by atoms with E-state index in [1.807, 2.05) is 12.1 Å². The lowest BCUT2D eigenvalue weighted by molar-refractivity contribution is 0.0749. The van der Waals surface area contributed by atoms with E-state index in [0.717, 1.165) is 29.5 Å². The highest BCUT2D eigenvalue weighted by molar-refractivity contribution is 9.10. The molecule has 0 saturated heterocycles. The van der Waals surface area contributed by atoms with Crippen LogP contribution in [-0.4, -0.2) is 10.7 Å². The molecule has 1 atom stereocenters. The van der Waals surface area contributed by atoms with Crippen LogP contribution in [0.15, 0.2) is 33.6 Å². The summed E-state index contributed by atoms with van der Waals surface area (Å²) in [5.74, 6) is 0. The van der Waals surface area contributed by atoms with E-state index in [4.69, 9.17) is 4.42 Å². The van der Waals surface area contributed by atoms with Crippen molar-refractivity contribution in [2.75, 3.05) is 0 Å². The van der Waals surface area contributed by atoms with Gasteiger partial charge < -0.3 is 9.52 Å². The molecule has 0 saturated carbocycles. The van der Waals surface area contributed by atoms with Gasteiger partial charge in [-0.15, -0.1) is 0 Å². The van der Waals surface area contributed by atoms with Crippen LogP contribution in [0.1, 0.15) is 24.8 Å². The summed E-state index contributed by atoms with van der Waals surface area (Å²) in [5, 5.41) is 10.2. The minimum absolute atomic E-state index is 0.638. The van der Waals surface area contributed by atoms with Crippen LogP contribution in [0.25, 0.3) is 0 Å². The quantitative estimate of drug-likeness (QED) is 0.826. The maximum Gasteiger partial charge on any atom is 0.169 e. The van der Waals surface area contributed by atoms with E-state index >= 15 is 0 Å². The lowest BCUT2D eigenvalue weighted by atomic mass is 9.86. The summed E-state index contributed by atoms with van der Waals surface area (Å²) in [6.07, 6.45) is 9.27. The number of furan rings is 1. The van der Waals surface area contributed by atoms with Crippen molar-refractivity contribution in [2.24, 2.45) is 0 Å². The maximum absolute atomic E-state index is 10.2. The van der Waals surface area contributed by atoms with Gasteiger partial charge in [0.2, 0.25) is 0 Å². The van der Waals surface area contributed by atoms with Crippen LogP contribution in [-0.2, 0) is 6.42 Å². The Hall–Kier alpha value is -0.540. The average Bonchev–Trinajstić information content (AvgIpc) is 2.51. The summed E-state index contributed by atoms with van der Waals surface area (Å²) in [6, 6.07) is 1.90. The highest BCUT2D eigenvalue weighted by Crippen LogP contribution is 2.27. The van der Waals surface area contributed by atoms with Crippen molar-refractivity contribution >= 4 is 15.9 Å². The molecule has 1 unspecified atom stereocenters. The molecule has 1 heterocycles. The molecule has 0 amide bonds. The van der Waals surface area contributed by atoms with Crippen molar-refractivity contribution in [1.29, 1.82) is 0 Å². The van der Waals surface area contributed by atoms with Crippen LogP contribution in [0.4, 0.5) is 0 Å². The first-order valence-corrected chi connectivity index (χ1v) is 5.60. The van der Waals surface area contributed by atoms with Gasteiger partial charge in [0.25, 0.3) is 0 Å². The Morgan fingerprint density at radius 1 is 1.57 bits per heavy atom. The normalized spacial score (nSPS) is 26.7. The maximum atomic E-state index is 10.2. The molecule has 0 aliphatic heterocycles. The number of halogens is 1. The van der Waals surface area contributed by atoms with Crippen LogP contribution in [0.2, 0.25) is 0 Å². The standard InChI is InChI=1S/C11H13BrO2/c12-10-6-9(8-14-10)7-11(13)4-2-1-3-5-11/h2,4,6,8,13H,1,3,5,7H2. The first-order chi connectivity index (χ1) is 6.68. The zero-order valence-electron chi connectivity index (χ0n) is 7.87. The molecule has 1 N–H and O–H groups in total. The molecule has 76 valence electrons. The van der Waals surface area contributed by atoms with Crippen molar-refractivity contribution in [1.82, 2.24) is 0 Å². The Labute approximate surface area is 91.7 Å². The van der Waals surface area contributed by atoms with Crippen LogP contribution in [0.5, 0.6) is 0 Å². The Bertz CT molecular complexity index is 343. The summed E-state index contributed by atoms with van der Waals surface area (Å²) in [7, 11) is 0. The molecular weight excluding hydrogens is 244 g/mol. The second-order valence-electron chi connectivity index (χ2n) is 3.83. The van der Waals surface area contributed by atoms with Gasteiger partial charge in [-0.2, -0.15) is 0 Å². The second-order valence-corrected chi connectivity index (χ2v) is 4.62. The Morgan fingerprint density at radius 2 is 2.43 bits per heavy atom. The van der Waals surface area contributed by atoms with Crippen LogP contribution >= 0.6 is 15.9 Å². The smallest absolute Gasteiger partial charge is 0.169 e. The van der Waals surface area contributed by atoms with E-state index in [1.54, 1.807) is 6.26 Å². The third-order valence-corrected chi connectivity index (χ3v) is 2.96. The summed E-state index contributed by atoms with van der Waals surface area (Å²) in [6.45, 7) is 0. The topological polar surface area (TPSA) is 33.4 Å². The lowest BCUT2D eigenvalue weighted by Crippen LogP contribution is -2.30. The van der Waals surface area contributed by atoms with Crippen molar-refractivity contribution in [2.45, 2.75) is 31.3 Å². The molecule has 0 spiro atoms. The molecule has 0 aromatic carbocycles. The summed E-state index contributed by atoms with van der Waals surface area (Å²) in [4.78, 5) is 0. The fourth-order valence-electron chi connectivity index (χ4n) is 1.85. The van der Waals surface area contributed by atoms with E-state index in [0.29, 0.717) is 6.42 Å². The summed E-state index contributed by atoms with van der Waals surface area (Å²) in [5.41, 5.74) is 0.368. The van der Waals surface area contributed by atoms with Crippen LogP contribution < -0.4 is 0 Å². The number of hydrogen-bond acceptors (Lipinski definition) is 2. The fourth-order valence-corrected chi connectivity index (χ4v) is 2.24. The highest BCUT2D eigenvalue weighted by Gasteiger charge is 2.26. The van der Waals surface area contributed by atoms with Gasteiger partial charge in [-0.05, 0) is 46.8 Å². The zero-order valence-corrected chi connectivity index (χ0v) is 9.46. The predicted molar refractivity (Wildman–Crippen MR) is 58.1 cm³/mol. The van der Waals surface area contributed by atoms with E-state index < -0.39 is 5.60 Å². The van der Waals surface area contributed by atoms with Crippen molar-refractivity contribution in [3.8, 4) is 0 Å². The Kier molecular flexibility index (Phi) is 2.79. The van der Waals surface area contributed by atoms with Gasteiger partial charge in [0.1, 0.15) is 0 Å². The largest absolute Gasteiger partial charge is 0.457 e. The van der Waals surface area contributed by atoms with Gasteiger partial charge in [0, 0.05) is 6.42 Å². The molecule has 0 radical (unpaired) electrons. The van der Waals surface area contributed by atoms with Gasteiger partial charge in [-0.1, -0.05) is 12.2 Å². The lowest BCUT2D eigenvalue weighted by Gasteiger charge is -2.26. The molecule has 2 nitrogen and oxygen atoms in total. The minimum atomic E-state index is -0.665. The van der Waals surface area contributed by atoms with Crippen LogP contribution in [0.3, 0.4) is 0 Å². The molecule has 1 aliphatic rings.